The van der Waals surface area contributed by atoms with Gasteiger partial charge in [-0.3, -0.25) is 4.79 Å². The standard InChI is InChI=1S/C16H24N2O/c1-3-13-9-5-4-6-11-18(13)16(19)15-12(2)8-7-10-14(15)17/h7-8,10,13H,3-6,9,11,17H2,1-2H3. The lowest BCUT2D eigenvalue weighted by Gasteiger charge is -2.30. The number of rotatable bonds is 2. The van der Waals surface area contributed by atoms with Crippen LogP contribution in [0.5, 0.6) is 0 Å². The SMILES string of the molecule is CCC1CCCCCN1C(=O)c1c(C)cccc1N. The highest BCUT2D eigenvalue weighted by Gasteiger charge is 2.26. The molecule has 0 radical (unpaired) electrons. The molecule has 0 aliphatic carbocycles. The third kappa shape index (κ3) is 2.91. The van der Waals surface area contributed by atoms with E-state index in [1.54, 1.807) is 0 Å². The highest BCUT2D eigenvalue weighted by atomic mass is 16.2. The number of hydrogen-bond acceptors (Lipinski definition) is 2. The summed E-state index contributed by atoms with van der Waals surface area (Å²) >= 11 is 0. The average molecular weight is 260 g/mol. The Kier molecular flexibility index (Phi) is 4.46. The summed E-state index contributed by atoms with van der Waals surface area (Å²) < 4.78 is 0. The molecule has 0 saturated carbocycles. The number of likely N-dealkylation sites (tertiary alicyclic amines) is 1. The lowest BCUT2D eigenvalue weighted by Crippen LogP contribution is -2.40. The van der Waals surface area contributed by atoms with Crippen LogP contribution in [0, 0.1) is 6.92 Å². The number of nitrogens with zero attached hydrogens (tertiary/aromatic N) is 1. The van der Waals surface area contributed by atoms with Gasteiger partial charge in [-0.15, -0.1) is 0 Å². The van der Waals surface area contributed by atoms with Crippen LogP contribution in [-0.2, 0) is 0 Å². The van der Waals surface area contributed by atoms with Crippen LogP contribution in [0.15, 0.2) is 18.2 Å². The van der Waals surface area contributed by atoms with Gasteiger partial charge in [0.05, 0.1) is 5.56 Å². The molecule has 2 N–H and O–H groups in total. The van der Waals surface area contributed by atoms with Crippen LogP contribution >= 0.6 is 0 Å². The van der Waals surface area contributed by atoms with Gasteiger partial charge >= 0.3 is 0 Å². The Hall–Kier alpha value is -1.51. The topological polar surface area (TPSA) is 46.3 Å². The number of hydrogen-bond donors (Lipinski definition) is 1. The Morgan fingerprint density at radius 3 is 2.84 bits per heavy atom. The molecule has 1 unspecified atom stereocenters. The molecule has 104 valence electrons. The second-order valence-electron chi connectivity index (χ2n) is 5.45. The van der Waals surface area contributed by atoms with Crippen LogP contribution < -0.4 is 5.73 Å². The third-order valence-electron chi connectivity index (χ3n) is 4.13. The van der Waals surface area contributed by atoms with Crippen molar-refractivity contribution in [1.29, 1.82) is 0 Å². The molecule has 2 rings (SSSR count). The van der Waals surface area contributed by atoms with Crippen molar-refractivity contribution in [3.63, 3.8) is 0 Å². The number of carbonyl (C=O) groups excluding carboxylic acids is 1. The minimum atomic E-state index is 0.115. The Bertz CT molecular complexity index is 436. The van der Waals surface area contributed by atoms with Gasteiger partial charge in [0.2, 0.25) is 0 Å². The van der Waals surface area contributed by atoms with Crippen LogP contribution in [-0.4, -0.2) is 23.4 Å². The van der Waals surface area contributed by atoms with Gasteiger partial charge in [0.1, 0.15) is 0 Å². The van der Waals surface area contributed by atoms with Crippen molar-refractivity contribution in [2.45, 2.75) is 52.0 Å². The van der Waals surface area contributed by atoms with Crippen LogP contribution in [0.4, 0.5) is 5.69 Å². The summed E-state index contributed by atoms with van der Waals surface area (Å²) in [4.78, 5) is 14.9. The first-order valence-corrected chi connectivity index (χ1v) is 7.31. The first kappa shape index (κ1) is 13.9. The summed E-state index contributed by atoms with van der Waals surface area (Å²) in [7, 11) is 0. The predicted octanol–water partition coefficient (Wildman–Crippen LogP) is 3.37. The van der Waals surface area contributed by atoms with Crippen molar-refractivity contribution in [2.75, 3.05) is 12.3 Å². The van der Waals surface area contributed by atoms with Crippen molar-refractivity contribution >= 4 is 11.6 Å². The monoisotopic (exact) mass is 260 g/mol. The van der Waals surface area contributed by atoms with Crippen molar-refractivity contribution in [3.8, 4) is 0 Å². The van der Waals surface area contributed by atoms with E-state index >= 15 is 0 Å². The summed E-state index contributed by atoms with van der Waals surface area (Å²) in [6.07, 6.45) is 5.70. The fourth-order valence-electron chi connectivity index (χ4n) is 3.00. The molecule has 3 heteroatoms. The predicted molar refractivity (Wildman–Crippen MR) is 79.2 cm³/mol. The van der Waals surface area contributed by atoms with Crippen molar-refractivity contribution in [3.05, 3.63) is 29.3 Å². The van der Waals surface area contributed by atoms with Gasteiger partial charge in [-0.2, -0.15) is 0 Å². The van der Waals surface area contributed by atoms with Crippen LogP contribution in [0.25, 0.3) is 0 Å². The molecule has 0 aromatic heterocycles. The maximum atomic E-state index is 12.8. The molecule has 1 atom stereocenters. The van der Waals surface area contributed by atoms with Gasteiger partial charge in [-0.25, -0.2) is 0 Å². The Balaban J connectivity index is 2.30. The van der Waals surface area contributed by atoms with Crippen molar-refractivity contribution in [1.82, 2.24) is 4.90 Å². The van der Waals surface area contributed by atoms with E-state index in [4.69, 9.17) is 5.73 Å². The molecule has 1 aliphatic rings. The molecule has 1 aromatic carbocycles. The Labute approximate surface area is 115 Å². The van der Waals surface area contributed by atoms with Gasteiger partial charge in [-0.05, 0) is 37.8 Å². The molecular weight excluding hydrogens is 236 g/mol. The lowest BCUT2D eigenvalue weighted by molar-refractivity contribution is 0.0678. The summed E-state index contributed by atoms with van der Waals surface area (Å²) in [5, 5.41) is 0. The van der Waals surface area contributed by atoms with Gasteiger partial charge in [-0.1, -0.05) is 31.9 Å². The largest absolute Gasteiger partial charge is 0.398 e. The lowest BCUT2D eigenvalue weighted by atomic mass is 10.0. The van der Waals surface area contributed by atoms with Gasteiger partial charge in [0.25, 0.3) is 5.91 Å². The number of aryl methyl sites for hydroxylation is 1. The number of amides is 1. The van der Waals surface area contributed by atoms with E-state index in [2.05, 4.69) is 6.92 Å². The molecule has 1 saturated heterocycles. The normalized spacial score (nSPS) is 20.1. The smallest absolute Gasteiger partial charge is 0.256 e. The number of nitrogens with two attached hydrogens (primary N) is 1. The second-order valence-corrected chi connectivity index (χ2v) is 5.45. The summed E-state index contributed by atoms with van der Waals surface area (Å²) in [6.45, 7) is 4.99. The molecule has 0 bridgehead atoms. The molecule has 3 nitrogen and oxygen atoms in total. The van der Waals surface area contributed by atoms with E-state index in [0.29, 0.717) is 17.3 Å². The molecule has 1 fully saturated rings. The third-order valence-corrected chi connectivity index (χ3v) is 4.13. The van der Waals surface area contributed by atoms with Crippen molar-refractivity contribution < 1.29 is 4.79 Å². The van der Waals surface area contributed by atoms with Crippen LogP contribution in [0.1, 0.15) is 54.9 Å². The van der Waals surface area contributed by atoms with Gasteiger partial charge < -0.3 is 10.6 Å². The first-order valence-electron chi connectivity index (χ1n) is 7.31. The summed E-state index contributed by atoms with van der Waals surface area (Å²) in [5.41, 5.74) is 8.28. The Morgan fingerprint density at radius 2 is 2.16 bits per heavy atom. The van der Waals surface area contributed by atoms with Crippen LogP contribution in [0.3, 0.4) is 0 Å². The molecule has 1 aromatic rings. The number of benzene rings is 1. The maximum Gasteiger partial charge on any atom is 0.256 e. The zero-order chi connectivity index (χ0) is 13.8. The van der Waals surface area contributed by atoms with E-state index in [0.717, 1.165) is 31.4 Å². The number of carbonyl (C=O) groups is 1. The van der Waals surface area contributed by atoms with Gasteiger partial charge in [0.15, 0.2) is 0 Å². The van der Waals surface area contributed by atoms with E-state index in [1.165, 1.54) is 12.8 Å². The van der Waals surface area contributed by atoms with E-state index < -0.39 is 0 Å². The molecular formula is C16H24N2O. The van der Waals surface area contributed by atoms with Gasteiger partial charge in [0, 0.05) is 18.3 Å². The van der Waals surface area contributed by atoms with E-state index in [9.17, 15) is 4.79 Å². The molecule has 1 aliphatic heterocycles. The fraction of sp³-hybridized carbons (Fsp3) is 0.562. The molecule has 1 amide bonds. The molecule has 0 spiro atoms. The fourth-order valence-corrected chi connectivity index (χ4v) is 3.00. The Morgan fingerprint density at radius 1 is 1.37 bits per heavy atom. The van der Waals surface area contributed by atoms with Crippen molar-refractivity contribution in [2.24, 2.45) is 0 Å². The van der Waals surface area contributed by atoms with E-state index in [-0.39, 0.29) is 5.91 Å². The quantitative estimate of drug-likeness (QED) is 0.829. The minimum absolute atomic E-state index is 0.115. The maximum absolute atomic E-state index is 12.8. The number of anilines is 1. The molecule has 19 heavy (non-hydrogen) atoms. The summed E-state index contributed by atoms with van der Waals surface area (Å²) in [6, 6.07) is 6.05. The number of nitrogen functional groups attached to an aromatic ring is 1. The zero-order valence-electron chi connectivity index (χ0n) is 12.0. The average Bonchev–Trinajstić information content (AvgIpc) is 2.63. The minimum Gasteiger partial charge on any atom is -0.398 e. The highest BCUT2D eigenvalue weighted by Crippen LogP contribution is 2.25. The molecule has 1 heterocycles. The van der Waals surface area contributed by atoms with Crippen LogP contribution in [0.2, 0.25) is 0 Å². The second kappa shape index (κ2) is 6.09. The van der Waals surface area contributed by atoms with E-state index in [1.807, 2.05) is 30.0 Å². The summed E-state index contributed by atoms with van der Waals surface area (Å²) in [5.74, 6) is 0.115. The first-order chi connectivity index (χ1) is 9.15. The highest BCUT2D eigenvalue weighted by molar-refractivity contribution is 6.00. The zero-order valence-corrected chi connectivity index (χ0v) is 12.0.